The molecule has 0 spiro atoms. The lowest BCUT2D eigenvalue weighted by Gasteiger charge is -2.32. The maximum Gasteiger partial charge on any atom is 0.326 e. The lowest BCUT2D eigenvalue weighted by molar-refractivity contribution is -0.142. The van der Waals surface area contributed by atoms with Crippen molar-refractivity contribution < 1.29 is 14.7 Å². The second-order valence-corrected chi connectivity index (χ2v) is 7.13. The van der Waals surface area contributed by atoms with E-state index in [-0.39, 0.29) is 6.03 Å². The topological polar surface area (TPSA) is 69.6 Å². The number of hydrogen-bond acceptors (Lipinski definition) is 3. The van der Waals surface area contributed by atoms with Crippen LogP contribution in [-0.2, 0) is 17.8 Å². The highest BCUT2D eigenvalue weighted by atomic mass is 32.1. The van der Waals surface area contributed by atoms with Crippen LogP contribution in [0.25, 0.3) is 0 Å². The van der Waals surface area contributed by atoms with Gasteiger partial charge in [0.1, 0.15) is 6.04 Å². The fourth-order valence-electron chi connectivity index (χ4n) is 2.29. The van der Waals surface area contributed by atoms with Crippen LogP contribution in [-0.4, -0.2) is 34.6 Å². The van der Waals surface area contributed by atoms with Crippen molar-refractivity contribution in [3.63, 3.8) is 0 Å². The number of thiophene rings is 1. The Labute approximate surface area is 122 Å². The summed E-state index contributed by atoms with van der Waals surface area (Å²) >= 11 is 1.71. The van der Waals surface area contributed by atoms with Gasteiger partial charge < -0.3 is 15.3 Å². The molecule has 2 heterocycles. The molecule has 0 radical (unpaired) electrons. The van der Waals surface area contributed by atoms with Gasteiger partial charge in [-0.2, -0.15) is 0 Å². The van der Waals surface area contributed by atoms with E-state index in [2.05, 4.69) is 5.32 Å². The zero-order valence-electron chi connectivity index (χ0n) is 12.0. The van der Waals surface area contributed by atoms with Crippen molar-refractivity contribution in [3.8, 4) is 0 Å². The molecule has 0 bridgehead atoms. The van der Waals surface area contributed by atoms with Crippen molar-refractivity contribution in [3.05, 3.63) is 21.9 Å². The Morgan fingerprint density at radius 3 is 2.75 bits per heavy atom. The van der Waals surface area contributed by atoms with Gasteiger partial charge in [-0.3, -0.25) is 0 Å². The van der Waals surface area contributed by atoms with Crippen LogP contribution in [0.1, 0.15) is 31.2 Å². The Morgan fingerprint density at radius 1 is 1.45 bits per heavy atom. The van der Waals surface area contributed by atoms with Crippen LogP contribution in [0.15, 0.2) is 11.4 Å². The highest BCUT2D eigenvalue weighted by Crippen LogP contribution is 2.25. The molecule has 0 saturated carbocycles. The second kappa shape index (κ2) is 5.44. The Bertz CT molecular complexity index is 519. The molecule has 110 valence electrons. The molecule has 1 atom stereocenters. The Balaban J connectivity index is 2.04. The second-order valence-electron chi connectivity index (χ2n) is 6.13. The van der Waals surface area contributed by atoms with Crippen LogP contribution < -0.4 is 5.32 Å². The molecular formula is C14H20N2O3S. The summed E-state index contributed by atoms with van der Waals surface area (Å²) in [6.07, 6.45) is 0.841. The van der Waals surface area contributed by atoms with Crippen LogP contribution in [0.3, 0.4) is 0 Å². The minimum atomic E-state index is -1.00. The fraction of sp³-hybridized carbons (Fsp3) is 0.571. The van der Waals surface area contributed by atoms with Crippen LogP contribution in [0.2, 0.25) is 0 Å². The van der Waals surface area contributed by atoms with Gasteiger partial charge in [0, 0.05) is 18.0 Å². The molecule has 1 aliphatic rings. The predicted molar refractivity (Wildman–Crippen MR) is 77.8 cm³/mol. The number of nitrogens with one attached hydrogen (secondary N) is 1. The van der Waals surface area contributed by atoms with Gasteiger partial charge in [0.25, 0.3) is 0 Å². The number of carbonyl (C=O) groups excluding carboxylic acids is 1. The summed E-state index contributed by atoms with van der Waals surface area (Å²) in [5, 5.41) is 13.9. The van der Waals surface area contributed by atoms with Crippen molar-refractivity contribution >= 4 is 23.3 Å². The van der Waals surface area contributed by atoms with Crippen LogP contribution in [0.5, 0.6) is 0 Å². The number of carboxylic acid groups (broad SMARTS) is 1. The summed E-state index contributed by atoms with van der Waals surface area (Å²) in [6.45, 7) is 6.61. The smallest absolute Gasteiger partial charge is 0.326 e. The van der Waals surface area contributed by atoms with Crippen molar-refractivity contribution in [2.24, 2.45) is 5.41 Å². The normalized spacial score (nSPS) is 16.4. The van der Waals surface area contributed by atoms with E-state index in [9.17, 15) is 14.7 Å². The first kappa shape index (κ1) is 14.8. The molecule has 6 heteroatoms. The van der Waals surface area contributed by atoms with E-state index < -0.39 is 17.4 Å². The molecule has 0 aliphatic carbocycles. The number of nitrogens with zero attached hydrogens (tertiary/aromatic N) is 1. The summed E-state index contributed by atoms with van der Waals surface area (Å²) in [7, 11) is 0. The molecule has 0 aromatic carbocycles. The van der Waals surface area contributed by atoms with Crippen molar-refractivity contribution in [2.75, 3.05) is 6.54 Å². The highest BCUT2D eigenvalue weighted by Gasteiger charge is 2.34. The quantitative estimate of drug-likeness (QED) is 0.880. The van der Waals surface area contributed by atoms with E-state index in [0.29, 0.717) is 13.1 Å². The van der Waals surface area contributed by atoms with Crippen molar-refractivity contribution in [1.29, 1.82) is 0 Å². The number of urea groups is 1. The molecular weight excluding hydrogens is 276 g/mol. The monoisotopic (exact) mass is 296 g/mol. The van der Waals surface area contributed by atoms with Gasteiger partial charge in [0.05, 0.1) is 0 Å². The number of hydrogen-bond donors (Lipinski definition) is 2. The molecule has 1 aromatic rings. The van der Waals surface area contributed by atoms with Gasteiger partial charge in [0.15, 0.2) is 0 Å². The first-order valence-electron chi connectivity index (χ1n) is 6.62. The van der Waals surface area contributed by atoms with Crippen molar-refractivity contribution in [2.45, 2.75) is 39.8 Å². The maximum absolute atomic E-state index is 12.2. The third kappa shape index (κ3) is 3.12. The number of fused-ring (bicyclic) bond motifs is 1. The number of amides is 2. The summed E-state index contributed by atoms with van der Waals surface area (Å²) in [5.41, 5.74) is 0.643. The SMILES string of the molecule is CC(C)(C)[C@H](NC(=O)N1CCc2sccc2C1)C(=O)O. The first-order valence-corrected chi connectivity index (χ1v) is 7.50. The van der Waals surface area contributed by atoms with Gasteiger partial charge in [0.2, 0.25) is 0 Å². The number of carbonyl (C=O) groups is 2. The lowest BCUT2D eigenvalue weighted by Crippen LogP contribution is -2.53. The van der Waals surface area contributed by atoms with Gasteiger partial charge in [-0.05, 0) is 28.8 Å². The van der Waals surface area contributed by atoms with Crippen molar-refractivity contribution in [1.82, 2.24) is 10.2 Å². The average Bonchev–Trinajstić information content (AvgIpc) is 2.80. The summed E-state index contributed by atoms with van der Waals surface area (Å²) in [6, 6.07) is 0.834. The van der Waals surface area contributed by atoms with Crippen LogP contribution in [0.4, 0.5) is 4.79 Å². The summed E-state index contributed by atoms with van der Waals surface area (Å²) in [4.78, 5) is 26.5. The Hall–Kier alpha value is -1.56. The number of rotatable bonds is 2. The molecule has 2 rings (SSSR count). The fourth-order valence-corrected chi connectivity index (χ4v) is 3.17. The van der Waals surface area contributed by atoms with Gasteiger partial charge in [-0.15, -0.1) is 11.3 Å². The van der Waals surface area contributed by atoms with Gasteiger partial charge >= 0.3 is 12.0 Å². The molecule has 20 heavy (non-hydrogen) atoms. The van der Waals surface area contributed by atoms with E-state index in [1.807, 2.05) is 11.4 Å². The summed E-state index contributed by atoms with van der Waals surface area (Å²) in [5.74, 6) is -1.00. The van der Waals surface area contributed by atoms with E-state index in [1.165, 1.54) is 10.4 Å². The first-order chi connectivity index (χ1) is 9.29. The average molecular weight is 296 g/mol. The minimum absolute atomic E-state index is 0.302. The van der Waals surface area contributed by atoms with E-state index in [1.54, 1.807) is 37.0 Å². The standard InChI is InChI=1S/C14H20N2O3S/c1-14(2,3)11(12(17)18)15-13(19)16-6-4-10-9(8-16)5-7-20-10/h5,7,11H,4,6,8H2,1-3H3,(H,15,19)(H,17,18)/t11-/m1/s1. The molecule has 1 aliphatic heterocycles. The maximum atomic E-state index is 12.2. The number of carboxylic acids is 1. The summed E-state index contributed by atoms with van der Waals surface area (Å²) < 4.78 is 0. The van der Waals surface area contributed by atoms with E-state index in [4.69, 9.17) is 0 Å². The Morgan fingerprint density at radius 2 is 2.15 bits per heavy atom. The predicted octanol–water partition coefficient (Wildman–Crippen LogP) is 2.32. The zero-order chi connectivity index (χ0) is 14.9. The molecule has 2 amide bonds. The minimum Gasteiger partial charge on any atom is -0.480 e. The van der Waals surface area contributed by atoms with E-state index in [0.717, 1.165) is 6.42 Å². The lowest BCUT2D eigenvalue weighted by atomic mass is 9.87. The molecule has 5 nitrogen and oxygen atoms in total. The van der Waals surface area contributed by atoms with Gasteiger partial charge in [-0.1, -0.05) is 20.8 Å². The largest absolute Gasteiger partial charge is 0.480 e. The highest BCUT2D eigenvalue weighted by molar-refractivity contribution is 7.10. The number of aliphatic carboxylic acids is 1. The Kier molecular flexibility index (Phi) is 4.04. The molecule has 0 fully saturated rings. The van der Waals surface area contributed by atoms with E-state index >= 15 is 0 Å². The third-order valence-corrected chi connectivity index (χ3v) is 4.50. The molecule has 0 saturated heterocycles. The van der Waals surface area contributed by atoms with Crippen LogP contribution >= 0.6 is 11.3 Å². The molecule has 1 aromatic heterocycles. The van der Waals surface area contributed by atoms with Gasteiger partial charge in [-0.25, -0.2) is 9.59 Å². The molecule has 2 N–H and O–H groups in total. The third-order valence-electron chi connectivity index (χ3n) is 3.48. The van der Waals surface area contributed by atoms with Crippen LogP contribution in [0, 0.1) is 5.41 Å². The molecule has 0 unspecified atom stereocenters. The zero-order valence-corrected chi connectivity index (χ0v) is 12.8.